The van der Waals surface area contributed by atoms with Gasteiger partial charge in [-0.05, 0) is 31.0 Å². The Morgan fingerprint density at radius 1 is 1.44 bits per heavy atom. The molecule has 2 rings (SSSR count). The molecule has 1 unspecified atom stereocenters. The zero-order chi connectivity index (χ0) is 13.1. The van der Waals surface area contributed by atoms with Crippen molar-refractivity contribution in [2.45, 2.75) is 26.3 Å². The number of carbonyl (C=O) groups is 1. The molecule has 1 atom stereocenters. The molecule has 0 aliphatic carbocycles. The lowest BCUT2D eigenvalue weighted by molar-refractivity contribution is 0.0579. The highest BCUT2D eigenvalue weighted by atomic mass is 35.5. The van der Waals surface area contributed by atoms with Crippen molar-refractivity contribution in [1.29, 1.82) is 0 Å². The first-order valence-electron chi connectivity index (χ1n) is 6.39. The fraction of sp³-hybridized carbons (Fsp3) is 0.615. The second-order valence-electron chi connectivity index (χ2n) is 4.69. The van der Waals surface area contributed by atoms with E-state index >= 15 is 0 Å². The second kappa shape index (κ2) is 5.76. The van der Waals surface area contributed by atoms with Crippen LogP contribution in [-0.4, -0.2) is 47.9 Å². The molecule has 1 aromatic rings. The van der Waals surface area contributed by atoms with E-state index in [0.717, 1.165) is 32.6 Å². The van der Waals surface area contributed by atoms with Crippen molar-refractivity contribution in [2.24, 2.45) is 0 Å². The van der Waals surface area contributed by atoms with E-state index in [4.69, 9.17) is 16.0 Å². The maximum atomic E-state index is 12.2. The highest BCUT2D eigenvalue weighted by Gasteiger charge is 2.25. The van der Waals surface area contributed by atoms with Crippen LogP contribution in [0.15, 0.2) is 16.7 Å². The predicted molar refractivity (Wildman–Crippen MR) is 70.9 cm³/mol. The summed E-state index contributed by atoms with van der Waals surface area (Å²) in [7, 11) is 0. The van der Waals surface area contributed by atoms with Gasteiger partial charge in [-0.2, -0.15) is 0 Å². The first kappa shape index (κ1) is 13.4. The quantitative estimate of drug-likeness (QED) is 0.847. The summed E-state index contributed by atoms with van der Waals surface area (Å²) in [6.07, 6.45) is 2.59. The summed E-state index contributed by atoms with van der Waals surface area (Å²) in [5, 5.41) is 0.185. The second-order valence-corrected chi connectivity index (χ2v) is 5.04. The highest BCUT2D eigenvalue weighted by molar-refractivity contribution is 6.32. The van der Waals surface area contributed by atoms with Crippen molar-refractivity contribution >= 4 is 17.5 Å². The lowest BCUT2D eigenvalue weighted by Gasteiger charge is -2.37. The number of hydrogen-bond donors (Lipinski definition) is 0. The summed E-state index contributed by atoms with van der Waals surface area (Å²) in [5.74, 6) is -0.0300. The SMILES string of the molecule is CCC(C)N1CCN(C(=O)c2ccoc2Cl)CC1. The third-order valence-electron chi connectivity index (χ3n) is 3.66. The van der Waals surface area contributed by atoms with Crippen molar-refractivity contribution in [3.8, 4) is 0 Å². The molecule has 1 aliphatic rings. The molecule has 0 spiro atoms. The first-order valence-corrected chi connectivity index (χ1v) is 6.77. The Hall–Kier alpha value is -1.00. The van der Waals surface area contributed by atoms with Crippen LogP contribution in [0.4, 0.5) is 0 Å². The van der Waals surface area contributed by atoms with Crippen LogP contribution in [0.25, 0.3) is 0 Å². The zero-order valence-corrected chi connectivity index (χ0v) is 11.6. The molecule has 4 nitrogen and oxygen atoms in total. The molecule has 0 bridgehead atoms. The summed E-state index contributed by atoms with van der Waals surface area (Å²) in [5.41, 5.74) is 0.466. The fourth-order valence-electron chi connectivity index (χ4n) is 2.24. The molecule has 0 aromatic carbocycles. The monoisotopic (exact) mass is 270 g/mol. The van der Waals surface area contributed by atoms with E-state index in [1.54, 1.807) is 6.07 Å². The van der Waals surface area contributed by atoms with E-state index in [1.165, 1.54) is 6.26 Å². The molecule has 1 saturated heterocycles. The topological polar surface area (TPSA) is 36.7 Å². The predicted octanol–water partition coefficient (Wildman–Crippen LogP) is 2.49. The van der Waals surface area contributed by atoms with Gasteiger partial charge < -0.3 is 9.32 Å². The number of carbonyl (C=O) groups excluding carboxylic acids is 1. The van der Waals surface area contributed by atoms with Crippen LogP contribution in [-0.2, 0) is 0 Å². The van der Waals surface area contributed by atoms with Gasteiger partial charge in [0.2, 0.25) is 5.22 Å². The van der Waals surface area contributed by atoms with E-state index in [9.17, 15) is 4.79 Å². The number of halogens is 1. The van der Waals surface area contributed by atoms with E-state index < -0.39 is 0 Å². The summed E-state index contributed by atoms with van der Waals surface area (Å²) in [6, 6.07) is 2.21. The molecule has 1 aliphatic heterocycles. The van der Waals surface area contributed by atoms with Crippen molar-refractivity contribution in [2.75, 3.05) is 26.2 Å². The number of furan rings is 1. The number of nitrogens with zero attached hydrogens (tertiary/aromatic N) is 2. The van der Waals surface area contributed by atoms with E-state index in [2.05, 4.69) is 18.7 Å². The molecule has 5 heteroatoms. The van der Waals surface area contributed by atoms with E-state index in [0.29, 0.717) is 11.6 Å². The first-order chi connectivity index (χ1) is 8.63. The van der Waals surface area contributed by atoms with Crippen LogP contribution in [0.3, 0.4) is 0 Å². The highest BCUT2D eigenvalue weighted by Crippen LogP contribution is 2.19. The lowest BCUT2D eigenvalue weighted by Crippen LogP contribution is -2.51. The molecule has 18 heavy (non-hydrogen) atoms. The summed E-state index contributed by atoms with van der Waals surface area (Å²) >= 11 is 5.83. The fourth-order valence-corrected chi connectivity index (χ4v) is 2.44. The maximum absolute atomic E-state index is 12.2. The molecule has 2 heterocycles. The summed E-state index contributed by atoms with van der Waals surface area (Å²) in [4.78, 5) is 16.5. The molecule has 0 N–H and O–H groups in total. The summed E-state index contributed by atoms with van der Waals surface area (Å²) in [6.45, 7) is 7.78. The summed E-state index contributed by atoms with van der Waals surface area (Å²) < 4.78 is 4.96. The number of piperazine rings is 1. The average Bonchev–Trinajstić information content (AvgIpc) is 2.83. The zero-order valence-electron chi connectivity index (χ0n) is 10.9. The van der Waals surface area contributed by atoms with Crippen LogP contribution < -0.4 is 0 Å². The Kier molecular flexibility index (Phi) is 4.30. The molecule has 0 saturated carbocycles. The maximum Gasteiger partial charge on any atom is 0.258 e. The van der Waals surface area contributed by atoms with Crippen molar-refractivity contribution in [1.82, 2.24) is 9.80 Å². The van der Waals surface area contributed by atoms with E-state index in [-0.39, 0.29) is 11.1 Å². The molecular formula is C13H19ClN2O2. The lowest BCUT2D eigenvalue weighted by atomic mass is 10.2. The van der Waals surface area contributed by atoms with Gasteiger partial charge in [0, 0.05) is 32.2 Å². The minimum atomic E-state index is -0.0300. The third kappa shape index (κ3) is 2.70. The third-order valence-corrected chi connectivity index (χ3v) is 3.96. The Morgan fingerprint density at radius 2 is 2.11 bits per heavy atom. The Bertz CT molecular complexity index is 411. The van der Waals surface area contributed by atoms with Crippen LogP contribution in [0.1, 0.15) is 30.6 Å². The molecule has 1 aromatic heterocycles. The Balaban J connectivity index is 1.94. The smallest absolute Gasteiger partial charge is 0.258 e. The van der Waals surface area contributed by atoms with Gasteiger partial charge in [-0.25, -0.2) is 0 Å². The van der Waals surface area contributed by atoms with Gasteiger partial charge in [0.1, 0.15) is 0 Å². The van der Waals surface area contributed by atoms with Gasteiger partial charge >= 0.3 is 0 Å². The Labute approximate surface area is 112 Å². The number of rotatable bonds is 3. The van der Waals surface area contributed by atoms with Crippen molar-refractivity contribution < 1.29 is 9.21 Å². The number of hydrogen-bond acceptors (Lipinski definition) is 3. The van der Waals surface area contributed by atoms with Gasteiger partial charge in [0.15, 0.2) is 0 Å². The largest absolute Gasteiger partial charge is 0.452 e. The average molecular weight is 271 g/mol. The normalized spacial score (nSPS) is 18.9. The van der Waals surface area contributed by atoms with Crippen LogP contribution >= 0.6 is 11.6 Å². The minimum absolute atomic E-state index is 0.0300. The molecule has 100 valence electrons. The van der Waals surface area contributed by atoms with Gasteiger partial charge in [-0.3, -0.25) is 9.69 Å². The van der Waals surface area contributed by atoms with Crippen LogP contribution in [0, 0.1) is 0 Å². The molecule has 1 amide bonds. The van der Waals surface area contributed by atoms with E-state index in [1.807, 2.05) is 4.90 Å². The van der Waals surface area contributed by atoms with Gasteiger partial charge in [0.25, 0.3) is 5.91 Å². The minimum Gasteiger partial charge on any atom is -0.452 e. The van der Waals surface area contributed by atoms with Gasteiger partial charge in [-0.15, -0.1) is 0 Å². The van der Waals surface area contributed by atoms with Gasteiger partial charge in [0.05, 0.1) is 11.8 Å². The molecular weight excluding hydrogens is 252 g/mol. The standard InChI is InChI=1S/C13H19ClN2O2/c1-3-10(2)15-5-7-16(8-6-15)13(17)11-4-9-18-12(11)14/h4,9-10H,3,5-8H2,1-2H3. The number of amides is 1. The molecule has 1 fully saturated rings. The van der Waals surface area contributed by atoms with Gasteiger partial charge in [-0.1, -0.05) is 6.92 Å². The Morgan fingerprint density at radius 3 is 2.61 bits per heavy atom. The van der Waals surface area contributed by atoms with Crippen LogP contribution in [0.2, 0.25) is 5.22 Å². The van der Waals surface area contributed by atoms with Crippen molar-refractivity contribution in [3.05, 3.63) is 23.1 Å². The van der Waals surface area contributed by atoms with Crippen molar-refractivity contribution in [3.63, 3.8) is 0 Å². The van der Waals surface area contributed by atoms with Crippen LogP contribution in [0.5, 0.6) is 0 Å². The molecule has 0 radical (unpaired) electrons.